The molecular weight excluding hydrogens is 340 g/mol. The van der Waals surface area contributed by atoms with E-state index in [-0.39, 0.29) is 18.4 Å². The van der Waals surface area contributed by atoms with Crippen molar-refractivity contribution in [3.63, 3.8) is 0 Å². The number of amides is 2. The molecule has 1 heterocycles. The molecule has 0 radical (unpaired) electrons. The van der Waals surface area contributed by atoms with Gasteiger partial charge < -0.3 is 15.0 Å². The van der Waals surface area contributed by atoms with Crippen LogP contribution in [-0.4, -0.2) is 25.0 Å². The molecular formula is C22H20N2O3. The number of rotatable bonds is 5. The third-order valence-corrected chi connectivity index (χ3v) is 4.62. The average Bonchev–Trinajstić information content (AvgIpc) is 3.12. The van der Waals surface area contributed by atoms with Crippen LogP contribution in [0.5, 0.6) is 5.75 Å². The largest absolute Gasteiger partial charge is 0.483 e. The summed E-state index contributed by atoms with van der Waals surface area (Å²) in [5.74, 6) is 0.560. The predicted molar refractivity (Wildman–Crippen MR) is 106 cm³/mol. The maximum absolute atomic E-state index is 12.3. The van der Waals surface area contributed by atoms with Gasteiger partial charge in [0.1, 0.15) is 5.75 Å². The van der Waals surface area contributed by atoms with Crippen molar-refractivity contribution < 1.29 is 14.3 Å². The van der Waals surface area contributed by atoms with Gasteiger partial charge in [-0.1, -0.05) is 42.5 Å². The van der Waals surface area contributed by atoms with Gasteiger partial charge in [-0.3, -0.25) is 9.59 Å². The zero-order valence-corrected chi connectivity index (χ0v) is 14.9. The van der Waals surface area contributed by atoms with E-state index in [1.807, 2.05) is 60.7 Å². The first-order valence-electron chi connectivity index (χ1n) is 9.01. The number of hydrogen-bond donors (Lipinski definition) is 1. The van der Waals surface area contributed by atoms with E-state index in [1.54, 1.807) is 11.0 Å². The van der Waals surface area contributed by atoms with Gasteiger partial charge in [-0.15, -0.1) is 0 Å². The first kappa shape index (κ1) is 17.1. The summed E-state index contributed by atoms with van der Waals surface area (Å²) in [7, 11) is 0. The smallest absolute Gasteiger partial charge is 0.262 e. The monoisotopic (exact) mass is 360 g/mol. The van der Waals surface area contributed by atoms with Crippen LogP contribution in [0.2, 0.25) is 0 Å². The van der Waals surface area contributed by atoms with Crippen LogP contribution in [0.25, 0.3) is 10.8 Å². The van der Waals surface area contributed by atoms with E-state index in [1.165, 1.54) is 0 Å². The number of ether oxygens (including phenoxy) is 1. The molecule has 1 aliphatic heterocycles. The van der Waals surface area contributed by atoms with Gasteiger partial charge in [0.15, 0.2) is 6.61 Å². The first-order chi connectivity index (χ1) is 13.2. The quantitative estimate of drug-likeness (QED) is 0.749. The highest BCUT2D eigenvalue weighted by Crippen LogP contribution is 2.26. The van der Waals surface area contributed by atoms with E-state index in [0.29, 0.717) is 17.9 Å². The molecule has 2 amide bonds. The SMILES string of the molecule is O=C(COc1cccc2ccccc12)Nc1cccc(N2CCCC2=O)c1. The molecule has 27 heavy (non-hydrogen) atoms. The second-order valence-electron chi connectivity index (χ2n) is 6.51. The van der Waals surface area contributed by atoms with E-state index >= 15 is 0 Å². The van der Waals surface area contributed by atoms with Gasteiger partial charge in [-0.2, -0.15) is 0 Å². The summed E-state index contributed by atoms with van der Waals surface area (Å²) in [6.45, 7) is 0.640. The lowest BCUT2D eigenvalue weighted by Crippen LogP contribution is -2.24. The lowest BCUT2D eigenvalue weighted by atomic mass is 10.1. The second kappa shape index (κ2) is 7.50. The molecule has 0 spiro atoms. The van der Waals surface area contributed by atoms with Crippen molar-refractivity contribution in [1.29, 1.82) is 0 Å². The van der Waals surface area contributed by atoms with Gasteiger partial charge in [0.2, 0.25) is 5.91 Å². The Balaban J connectivity index is 1.42. The van der Waals surface area contributed by atoms with Crippen LogP contribution in [-0.2, 0) is 9.59 Å². The molecule has 1 fully saturated rings. The molecule has 0 aromatic heterocycles. The van der Waals surface area contributed by atoms with Crippen LogP contribution < -0.4 is 15.0 Å². The number of fused-ring (bicyclic) bond motifs is 1. The van der Waals surface area contributed by atoms with Gasteiger partial charge >= 0.3 is 0 Å². The minimum Gasteiger partial charge on any atom is -0.483 e. The molecule has 5 heteroatoms. The lowest BCUT2D eigenvalue weighted by Gasteiger charge is -2.17. The molecule has 0 atom stereocenters. The zero-order valence-electron chi connectivity index (χ0n) is 14.9. The Morgan fingerprint density at radius 3 is 2.70 bits per heavy atom. The minimum absolute atomic E-state index is 0.0825. The first-order valence-corrected chi connectivity index (χ1v) is 9.01. The van der Waals surface area contributed by atoms with Crippen molar-refractivity contribution in [1.82, 2.24) is 0 Å². The van der Waals surface area contributed by atoms with Crippen molar-refractivity contribution >= 4 is 34.0 Å². The fourth-order valence-electron chi connectivity index (χ4n) is 3.33. The summed E-state index contributed by atoms with van der Waals surface area (Å²) < 4.78 is 5.72. The number of anilines is 2. The highest BCUT2D eigenvalue weighted by Gasteiger charge is 2.21. The van der Waals surface area contributed by atoms with E-state index in [9.17, 15) is 9.59 Å². The van der Waals surface area contributed by atoms with Gasteiger partial charge in [-0.25, -0.2) is 0 Å². The van der Waals surface area contributed by atoms with Crippen molar-refractivity contribution in [2.24, 2.45) is 0 Å². The molecule has 3 aromatic rings. The van der Waals surface area contributed by atoms with Crippen molar-refractivity contribution in [2.45, 2.75) is 12.8 Å². The Hall–Kier alpha value is -3.34. The Bertz CT molecular complexity index is 994. The molecule has 1 N–H and O–H groups in total. The summed E-state index contributed by atoms with van der Waals surface area (Å²) in [5, 5.41) is 4.88. The maximum atomic E-state index is 12.3. The van der Waals surface area contributed by atoms with E-state index in [4.69, 9.17) is 4.74 Å². The molecule has 1 aliphatic rings. The third-order valence-electron chi connectivity index (χ3n) is 4.62. The van der Waals surface area contributed by atoms with Crippen LogP contribution in [0.15, 0.2) is 66.7 Å². The van der Waals surface area contributed by atoms with E-state index in [2.05, 4.69) is 5.32 Å². The maximum Gasteiger partial charge on any atom is 0.262 e. The summed E-state index contributed by atoms with van der Waals surface area (Å²) in [6, 6.07) is 21.0. The molecule has 0 saturated carbocycles. The van der Waals surface area contributed by atoms with E-state index < -0.39 is 0 Å². The fourth-order valence-corrected chi connectivity index (χ4v) is 3.33. The number of nitrogens with one attached hydrogen (secondary N) is 1. The standard InChI is InChI=1S/C22H20N2O3/c25-21(15-27-20-11-3-7-16-6-1-2-10-19(16)20)23-17-8-4-9-18(14-17)24-13-5-12-22(24)26/h1-4,6-11,14H,5,12-13,15H2,(H,23,25). The number of hydrogen-bond acceptors (Lipinski definition) is 3. The zero-order chi connectivity index (χ0) is 18.6. The highest BCUT2D eigenvalue weighted by atomic mass is 16.5. The summed E-state index contributed by atoms with van der Waals surface area (Å²) in [4.78, 5) is 25.9. The topological polar surface area (TPSA) is 58.6 Å². The predicted octanol–water partition coefficient (Wildman–Crippen LogP) is 3.98. The molecule has 4 rings (SSSR count). The molecule has 136 valence electrons. The summed E-state index contributed by atoms with van der Waals surface area (Å²) in [6.07, 6.45) is 1.45. The van der Waals surface area contributed by atoms with Gasteiger partial charge in [0.05, 0.1) is 0 Å². The van der Waals surface area contributed by atoms with E-state index in [0.717, 1.165) is 29.4 Å². The van der Waals surface area contributed by atoms with Gasteiger partial charge in [0.25, 0.3) is 5.91 Å². The molecule has 0 aliphatic carbocycles. The molecule has 0 bridgehead atoms. The van der Waals surface area contributed by atoms with Crippen molar-refractivity contribution in [2.75, 3.05) is 23.4 Å². The average molecular weight is 360 g/mol. The Labute approximate surface area is 157 Å². The van der Waals surface area contributed by atoms with Crippen LogP contribution in [0.1, 0.15) is 12.8 Å². The van der Waals surface area contributed by atoms with Gasteiger partial charge in [0, 0.05) is 29.7 Å². The van der Waals surface area contributed by atoms with Crippen molar-refractivity contribution in [3.8, 4) is 5.75 Å². The number of nitrogens with zero attached hydrogens (tertiary/aromatic N) is 1. The van der Waals surface area contributed by atoms with Crippen LogP contribution in [0, 0.1) is 0 Å². The molecule has 0 unspecified atom stereocenters. The summed E-state index contributed by atoms with van der Waals surface area (Å²) >= 11 is 0. The second-order valence-corrected chi connectivity index (χ2v) is 6.51. The number of carbonyl (C=O) groups excluding carboxylic acids is 2. The lowest BCUT2D eigenvalue weighted by molar-refractivity contribution is -0.118. The molecule has 1 saturated heterocycles. The third kappa shape index (κ3) is 3.77. The number of carbonyl (C=O) groups is 2. The summed E-state index contributed by atoms with van der Waals surface area (Å²) in [5.41, 5.74) is 1.46. The van der Waals surface area contributed by atoms with Crippen molar-refractivity contribution in [3.05, 3.63) is 66.7 Å². The highest BCUT2D eigenvalue weighted by molar-refractivity contribution is 5.97. The fraction of sp³-hybridized carbons (Fsp3) is 0.182. The molecule has 3 aromatic carbocycles. The van der Waals surface area contributed by atoms with Crippen LogP contribution >= 0.6 is 0 Å². The Morgan fingerprint density at radius 1 is 1.04 bits per heavy atom. The Kier molecular flexibility index (Phi) is 4.75. The van der Waals surface area contributed by atoms with Gasteiger partial charge in [-0.05, 0) is 36.1 Å². The number of benzene rings is 3. The Morgan fingerprint density at radius 2 is 1.85 bits per heavy atom. The minimum atomic E-state index is -0.243. The normalized spacial score (nSPS) is 13.8. The van der Waals surface area contributed by atoms with Crippen LogP contribution in [0.3, 0.4) is 0 Å². The molecule has 5 nitrogen and oxygen atoms in total. The van der Waals surface area contributed by atoms with Crippen LogP contribution in [0.4, 0.5) is 11.4 Å².